The summed E-state index contributed by atoms with van der Waals surface area (Å²) in [7, 11) is 0. The molecule has 3 rings (SSSR count). The molecule has 26 heavy (non-hydrogen) atoms. The van der Waals surface area contributed by atoms with Crippen molar-refractivity contribution in [1.29, 1.82) is 0 Å². The van der Waals surface area contributed by atoms with Gasteiger partial charge in [-0.3, -0.25) is 9.59 Å². The van der Waals surface area contributed by atoms with Crippen LogP contribution in [0.25, 0.3) is 10.4 Å². The third-order valence-electron chi connectivity index (χ3n) is 4.12. The van der Waals surface area contributed by atoms with E-state index in [2.05, 4.69) is 10.6 Å². The lowest BCUT2D eigenvalue weighted by molar-refractivity contribution is -0.125. The van der Waals surface area contributed by atoms with Crippen LogP contribution in [0.5, 0.6) is 0 Å². The molecule has 0 unspecified atom stereocenters. The average Bonchev–Trinajstić information content (AvgIpc) is 3.14. The Hall–Kier alpha value is -2.19. The van der Waals surface area contributed by atoms with Crippen LogP contribution in [-0.4, -0.2) is 30.4 Å². The van der Waals surface area contributed by atoms with Crippen molar-refractivity contribution < 1.29 is 19.1 Å². The van der Waals surface area contributed by atoms with Gasteiger partial charge < -0.3 is 15.4 Å². The lowest BCUT2D eigenvalue weighted by Crippen LogP contribution is -2.37. The van der Waals surface area contributed by atoms with Crippen molar-refractivity contribution in [3.8, 4) is 10.4 Å². The van der Waals surface area contributed by atoms with Gasteiger partial charge in [-0.15, -0.1) is 22.7 Å². The third kappa shape index (κ3) is 4.50. The van der Waals surface area contributed by atoms with Gasteiger partial charge in [-0.2, -0.15) is 0 Å². The standard InChI is InChI=1S/C18H20N2O4S2/c1-10(12-5-6-12)19-15(22)8-24-18(23)16-13(14-4-3-7-25-14)9-26-17(16)20-11(2)21/h3-4,7,9-10,12H,5-6,8H2,1-2H3,(H,19,22)(H,20,21)/t10-/m0/s1. The smallest absolute Gasteiger partial charge is 0.342 e. The average molecular weight is 393 g/mol. The first-order valence-corrected chi connectivity index (χ1v) is 10.1. The fourth-order valence-electron chi connectivity index (χ4n) is 2.64. The minimum Gasteiger partial charge on any atom is -0.452 e. The molecule has 0 saturated heterocycles. The van der Waals surface area contributed by atoms with E-state index < -0.39 is 5.97 Å². The summed E-state index contributed by atoms with van der Waals surface area (Å²) in [5.41, 5.74) is 0.987. The minimum absolute atomic E-state index is 0.0963. The Labute approximate surface area is 159 Å². The van der Waals surface area contributed by atoms with Gasteiger partial charge in [0.25, 0.3) is 5.91 Å². The number of nitrogens with one attached hydrogen (secondary N) is 2. The second kappa shape index (κ2) is 8.01. The molecule has 2 aromatic rings. The lowest BCUT2D eigenvalue weighted by atomic mass is 10.1. The molecule has 2 amide bonds. The third-order valence-corrected chi connectivity index (χ3v) is 5.92. The van der Waals surface area contributed by atoms with E-state index in [4.69, 9.17) is 4.74 Å². The van der Waals surface area contributed by atoms with Crippen LogP contribution in [0.4, 0.5) is 5.00 Å². The number of hydrogen-bond acceptors (Lipinski definition) is 6. The van der Waals surface area contributed by atoms with Gasteiger partial charge in [0.1, 0.15) is 10.6 Å². The van der Waals surface area contributed by atoms with E-state index in [1.165, 1.54) is 29.6 Å². The molecule has 8 heteroatoms. The first kappa shape index (κ1) is 18.6. The summed E-state index contributed by atoms with van der Waals surface area (Å²) in [4.78, 5) is 36.9. The highest BCUT2D eigenvalue weighted by atomic mass is 32.1. The molecule has 2 aromatic heterocycles. The van der Waals surface area contributed by atoms with Crippen molar-refractivity contribution in [3.63, 3.8) is 0 Å². The Balaban J connectivity index is 1.71. The molecule has 1 fully saturated rings. The number of amides is 2. The number of thiophene rings is 2. The van der Waals surface area contributed by atoms with Crippen LogP contribution in [0, 0.1) is 5.92 Å². The molecule has 6 nitrogen and oxygen atoms in total. The highest BCUT2D eigenvalue weighted by Crippen LogP contribution is 2.38. The van der Waals surface area contributed by atoms with E-state index in [-0.39, 0.29) is 30.0 Å². The van der Waals surface area contributed by atoms with E-state index in [0.29, 0.717) is 16.5 Å². The molecule has 0 spiro atoms. The van der Waals surface area contributed by atoms with Gasteiger partial charge in [0.2, 0.25) is 5.91 Å². The molecule has 0 bridgehead atoms. The highest BCUT2D eigenvalue weighted by Gasteiger charge is 2.29. The first-order chi connectivity index (χ1) is 12.5. The van der Waals surface area contributed by atoms with Crippen molar-refractivity contribution in [2.45, 2.75) is 32.7 Å². The molecule has 138 valence electrons. The molecule has 0 aromatic carbocycles. The van der Waals surface area contributed by atoms with Gasteiger partial charge in [-0.1, -0.05) is 6.07 Å². The number of anilines is 1. The highest BCUT2D eigenvalue weighted by molar-refractivity contribution is 7.17. The molecule has 2 N–H and O–H groups in total. The van der Waals surface area contributed by atoms with Gasteiger partial charge in [0.05, 0.1) is 0 Å². The maximum Gasteiger partial charge on any atom is 0.342 e. The number of esters is 1. The van der Waals surface area contributed by atoms with Crippen LogP contribution in [0.3, 0.4) is 0 Å². The monoisotopic (exact) mass is 392 g/mol. The number of carbonyl (C=O) groups is 3. The summed E-state index contributed by atoms with van der Waals surface area (Å²) in [6, 6.07) is 3.88. The van der Waals surface area contributed by atoms with E-state index in [0.717, 1.165) is 17.7 Å². The van der Waals surface area contributed by atoms with Crippen molar-refractivity contribution in [1.82, 2.24) is 5.32 Å². The zero-order valence-corrected chi connectivity index (χ0v) is 16.2. The maximum atomic E-state index is 12.6. The van der Waals surface area contributed by atoms with Crippen LogP contribution in [0.2, 0.25) is 0 Å². The Morgan fingerprint density at radius 2 is 2.08 bits per heavy atom. The van der Waals surface area contributed by atoms with Crippen molar-refractivity contribution in [2.75, 3.05) is 11.9 Å². The summed E-state index contributed by atoms with van der Waals surface area (Å²) in [6.07, 6.45) is 2.25. The first-order valence-electron chi connectivity index (χ1n) is 8.35. The van der Waals surface area contributed by atoms with Crippen molar-refractivity contribution in [2.24, 2.45) is 5.92 Å². The molecule has 0 radical (unpaired) electrons. The SMILES string of the molecule is CC(=O)Nc1scc(-c2cccs2)c1C(=O)OCC(=O)N[C@@H](C)C1CC1. The van der Waals surface area contributed by atoms with Gasteiger partial charge in [-0.05, 0) is 37.1 Å². The molecule has 2 heterocycles. The summed E-state index contributed by atoms with van der Waals surface area (Å²) >= 11 is 2.75. The fraction of sp³-hybridized carbons (Fsp3) is 0.389. The summed E-state index contributed by atoms with van der Waals surface area (Å²) < 4.78 is 5.22. The van der Waals surface area contributed by atoms with E-state index >= 15 is 0 Å². The fourth-order valence-corrected chi connectivity index (χ4v) is 4.46. The Bertz CT molecular complexity index is 809. The Morgan fingerprint density at radius 1 is 1.31 bits per heavy atom. The Kier molecular flexibility index (Phi) is 5.73. The second-order valence-electron chi connectivity index (χ2n) is 6.28. The van der Waals surface area contributed by atoms with Gasteiger partial charge in [-0.25, -0.2) is 4.79 Å². The second-order valence-corrected chi connectivity index (χ2v) is 8.11. The Morgan fingerprint density at radius 3 is 2.69 bits per heavy atom. The van der Waals surface area contributed by atoms with Crippen LogP contribution in [0.15, 0.2) is 22.9 Å². The predicted octanol–water partition coefficient (Wildman–Crippen LogP) is 3.51. The normalized spacial score (nSPS) is 14.5. The molecule has 1 aliphatic rings. The van der Waals surface area contributed by atoms with E-state index in [9.17, 15) is 14.4 Å². The lowest BCUT2D eigenvalue weighted by Gasteiger charge is -2.13. The van der Waals surface area contributed by atoms with Crippen LogP contribution >= 0.6 is 22.7 Å². The van der Waals surface area contributed by atoms with Gasteiger partial charge in [0.15, 0.2) is 6.61 Å². The number of ether oxygens (including phenoxy) is 1. The largest absolute Gasteiger partial charge is 0.452 e. The molecule has 1 aliphatic carbocycles. The minimum atomic E-state index is -0.618. The summed E-state index contributed by atoms with van der Waals surface area (Å²) in [6.45, 7) is 3.00. The van der Waals surface area contributed by atoms with Gasteiger partial charge in [0, 0.05) is 28.8 Å². The van der Waals surface area contributed by atoms with E-state index in [1.54, 1.807) is 0 Å². The maximum absolute atomic E-state index is 12.6. The molecular weight excluding hydrogens is 372 g/mol. The number of carbonyl (C=O) groups excluding carboxylic acids is 3. The van der Waals surface area contributed by atoms with Crippen molar-refractivity contribution >= 4 is 45.5 Å². The topological polar surface area (TPSA) is 84.5 Å². The zero-order chi connectivity index (χ0) is 18.7. The summed E-state index contributed by atoms with van der Waals surface area (Å²) in [5.74, 6) is -0.669. The molecule has 0 aliphatic heterocycles. The van der Waals surface area contributed by atoms with Crippen molar-refractivity contribution in [3.05, 3.63) is 28.5 Å². The van der Waals surface area contributed by atoms with E-state index in [1.807, 2.05) is 29.8 Å². The quantitative estimate of drug-likeness (QED) is 0.706. The molecular formula is C18H20N2O4S2. The number of rotatable bonds is 7. The van der Waals surface area contributed by atoms with Crippen LogP contribution < -0.4 is 10.6 Å². The number of hydrogen-bond donors (Lipinski definition) is 2. The molecule has 1 saturated carbocycles. The predicted molar refractivity (Wildman–Crippen MR) is 103 cm³/mol. The zero-order valence-electron chi connectivity index (χ0n) is 14.5. The van der Waals surface area contributed by atoms with Crippen LogP contribution in [0.1, 0.15) is 37.0 Å². The summed E-state index contributed by atoms with van der Waals surface area (Å²) in [5, 5.41) is 9.66. The van der Waals surface area contributed by atoms with Gasteiger partial charge >= 0.3 is 5.97 Å². The van der Waals surface area contributed by atoms with Crippen LogP contribution in [-0.2, 0) is 14.3 Å². The molecule has 1 atom stereocenters.